The summed E-state index contributed by atoms with van der Waals surface area (Å²) in [4.78, 5) is 17.7. The van der Waals surface area contributed by atoms with Gasteiger partial charge in [0.05, 0.1) is 49.8 Å². The number of ketones is 1. The van der Waals surface area contributed by atoms with Crippen LogP contribution in [0, 0.1) is 0 Å². The molecule has 530 valence electrons. The van der Waals surface area contributed by atoms with Gasteiger partial charge in [0.2, 0.25) is 0 Å². The molecule has 0 atom stereocenters. The van der Waals surface area contributed by atoms with Gasteiger partial charge in [0.25, 0.3) is 0 Å². The van der Waals surface area contributed by atoms with E-state index in [1.54, 1.807) is 0 Å². The van der Waals surface area contributed by atoms with Gasteiger partial charge in [-0.15, -0.1) is 0 Å². The zero-order valence-electron chi connectivity index (χ0n) is 62.0. The smallest absolute Gasteiger partial charge is 0.195 e. The fourth-order valence-electron chi connectivity index (χ4n) is 18.6. The lowest BCUT2D eigenvalue weighted by molar-refractivity contribution is 0.104. The highest BCUT2D eigenvalue weighted by atomic mass is 16.1. The number of aromatic nitrogens is 4. The largest absolute Gasteiger partial charge is 0.309 e. The van der Waals surface area contributed by atoms with Gasteiger partial charge in [-0.1, -0.05) is 279 Å². The molecule has 0 saturated heterocycles. The van der Waals surface area contributed by atoms with E-state index in [1.807, 2.05) is 0 Å². The molecule has 4 heterocycles. The number of benzene rings is 18. The van der Waals surface area contributed by atoms with Crippen molar-refractivity contribution < 1.29 is 4.79 Å². The Balaban J connectivity index is 0.832. The molecular formula is C109H68N4O. The Morgan fingerprint density at radius 2 is 0.395 bits per heavy atom. The summed E-state index contributed by atoms with van der Waals surface area (Å²) >= 11 is 0. The lowest BCUT2D eigenvalue weighted by Gasteiger charge is -2.19. The maximum atomic E-state index is 17.7. The first kappa shape index (κ1) is 64.8. The Kier molecular flexibility index (Phi) is 14.8. The normalized spacial score (nSPS) is 12.1. The molecule has 4 aromatic heterocycles. The van der Waals surface area contributed by atoms with E-state index in [-0.39, 0.29) is 5.78 Å². The molecule has 23 rings (SSSR count). The summed E-state index contributed by atoms with van der Waals surface area (Å²) in [5.41, 5.74) is 32.9. The Labute approximate surface area is 658 Å². The molecule has 0 unspecified atom stereocenters. The van der Waals surface area contributed by atoms with Crippen LogP contribution in [0.1, 0.15) is 15.9 Å². The van der Waals surface area contributed by atoms with Crippen LogP contribution in [-0.2, 0) is 0 Å². The van der Waals surface area contributed by atoms with Gasteiger partial charge in [-0.05, 0) is 222 Å². The van der Waals surface area contributed by atoms with E-state index in [1.165, 1.54) is 0 Å². The number of hydrogen-bond donors (Lipinski definition) is 0. The van der Waals surface area contributed by atoms with Crippen LogP contribution in [-0.4, -0.2) is 24.1 Å². The van der Waals surface area contributed by atoms with Crippen molar-refractivity contribution >= 4 is 93.0 Å². The minimum absolute atomic E-state index is 0.0376. The lowest BCUT2D eigenvalue weighted by Crippen LogP contribution is -2.04. The van der Waals surface area contributed by atoms with Crippen molar-refractivity contribution in [1.82, 2.24) is 18.3 Å². The van der Waals surface area contributed by atoms with Crippen LogP contribution in [0.2, 0.25) is 0 Å². The van der Waals surface area contributed by atoms with Gasteiger partial charge < -0.3 is 18.3 Å². The number of nitrogens with zero attached hydrogens (tertiary/aromatic N) is 4. The minimum Gasteiger partial charge on any atom is -0.309 e. The molecule has 1 aliphatic rings. The number of carbonyl (C=O) groups excluding carboxylic acids is 1. The Morgan fingerprint density at radius 3 is 0.711 bits per heavy atom. The highest BCUT2D eigenvalue weighted by Crippen LogP contribution is 2.53. The molecule has 5 heteroatoms. The molecule has 0 radical (unpaired) electrons. The topological polar surface area (TPSA) is 36.8 Å². The van der Waals surface area contributed by atoms with E-state index in [0.717, 1.165) is 210 Å². The molecule has 1 aliphatic carbocycles. The van der Waals surface area contributed by atoms with E-state index >= 15 is 4.79 Å². The highest BCUT2D eigenvalue weighted by molar-refractivity contribution is 6.29. The second-order valence-corrected chi connectivity index (χ2v) is 30.2. The summed E-state index contributed by atoms with van der Waals surface area (Å²) in [7, 11) is 0. The molecular weight excluding hydrogens is 1380 g/mol. The Hall–Kier alpha value is -15.2. The second kappa shape index (κ2) is 26.0. The van der Waals surface area contributed by atoms with Crippen molar-refractivity contribution in [3.8, 4) is 123 Å². The van der Waals surface area contributed by atoms with Gasteiger partial charge in [-0.2, -0.15) is 0 Å². The standard InChI is InChI=1S/C109H68N4O/c114-109-96-67-85(112-101-53-43-77(71-29-13-3-14-30-71)59-88(101)89-60-78(44-54-102(89)112)72-31-15-4-16-32-72)68-105(113-103-55-45-79(73-33-17-5-18-34-73)63-92(103)93-64-80(46-56-104(93)113)74-35-19-6-20-36-74)107(96)87-50-49-86(81-47-57-99-94(65-81)90-61-75(69-25-9-1-10-26-69)41-51-97(90)110(99)83-37-21-7-22-38-83)106(108(87)109)82-48-58-100-95(66-82)91-62-76(70-27-11-2-12-28-70)42-52-98(91)111(100)84-39-23-8-24-40-84/h1-68H. The van der Waals surface area contributed by atoms with Crippen LogP contribution < -0.4 is 0 Å². The first-order valence-corrected chi connectivity index (χ1v) is 39.1. The van der Waals surface area contributed by atoms with E-state index in [0.29, 0.717) is 11.1 Å². The quantitative estimate of drug-likeness (QED) is 0.120. The molecule has 0 saturated carbocycles. The second-order valence-electron chi connectivity index (χ2n) is 30.2. The Morgan fingerprint density at radius 1 is 0.149 bits per heavy atom. The average molecular weight is 1450 g/mol. The van der Waals surface area contributed by atoms with Crippen LogP contribution in [0.15, 0.2) is 413 Å². The Bertz CT molecular complexity index is 7470. The zero-order valence-corrected chi connectivity index (χ0v) is 62.0. The monoisotopic (exact) mass is 1450 g/mol. The van der Waals surface area contributed by atoms with E-state index in [4.69, 9.17) is 0 Å². The molecule has 0 fully saturated rings. The summed E-state index contributed by atoms with van der Waals surface area (Å²) in [5.74, 6) is -0.0376. The van der Waals surface area contributed by atoms with Crippen LogP contribution in [0.4, 0.5) is 0 Å². The summed E-state index contributed by atoms with van der Waals surface area (Å²) in [6.07, 6.45) is 0. The maximum Gasteiger partial charge on any atom is 0.195 e. The summed E-state index contributed by atoms with van der Waals surface area (Å²) < 4.78 is 9.68. The molecule has 114 heavy (non-hydrogen) atoms. The van der Waals surface area contributed by atoms with Gasteiger partial charge in [0.1, 0.15) is 0 Å². The zero-order chi connectivity index (χ0) is 75.1. The van der Waals surface area contributed by atoms with Gasteiger partial charge in [-0.25, -0.2) is 0 Å². The fraction of sp³-hybridized carbons (Fsp3) is 0. The summed E-state index contributed by atoms with van der Waals surface area (Å²) in [6, 6.07) is 150. The number of para-hydroxylation sites is 2. The molecule has 0 amide bonds. The molecule has 18 aromatic carbocycles. The van der Waals surface area contributed by atoms with Crippen molar-refractivity contribution in [2.24, 2.45) is 0 Å². The molecule has 0 aliphatic heterocycles. The van der Waals surface area contributed by atoms with Gasteiger partial charge >= 0.3 is 0 Å². The fourth-order valence-corrected chi connectivity index (χ4v) is 18.6. The third-order valence-electron chi connectivity index (χ3n) is 23.9. The van der Waals surface area contributed by atoms with Gasteiger partial charge in [0, 0.05) is 82.4 Å². The first-order valence-electron chi connectivity index (χ1n) is 39.1. The number of hydrogen-bond acceptors (Lipinski definition) is 1. The van der Waals surface area contributed by atoms with Crippen molar-refractivity contribution in [2.75, 3.05) is 0 Å². The molecule has 0 spiro atoms. The molecule has 0 N–H and O–H groups in total. The number of fused-ring (bicyclic) bond motifs is 15. The average Bonchev–Trinajstić information content (AvgIpc) is 1.55. The van der Waals surface area contributed by atoms with Crippen LogP contribution in [0.5, 0.6) is 0 Å². The molecule has 0 bridgehead atoms. The van der Waals surface area contributed by atoms with Crippen molar-refractivity contribution in [2.45, 2.75) is 0 Å². The third-order valence-corrected chi connectivity index (χ3v) is 23.9. The van der Waals surface area contributed by atoms with Crippen molar-refractivity contribution in [3.63, 3.8) is 0 Å². The summed E-state index contributed by atoms with van der Waals surface area (Å²) in [6.45, 7) is 0. The molecule has 22 aromatic rings. The predicted molar refractivity (Wildman–Crippen MR) is 476 cm³/mol. The highest BCUT2D eigenvalue weighted by Gasteiger charge is 2.37. The van der Waals surface area contributed by atoms with Crippen LogP contribution in [0.3, 0.4) is 0 Å². The SMILES string of the molecule is O=C1c2cc(-n3c4ccc(-c5ccccc5)cc4c4cc(-c5ccccc5)ccc43)cc(-n3c4ccc(-c5ccccc5)cc4c4cc(-c5ccccc5)ccc43)c2-c2ccc(-c3ccc4c(c3)c3cc(-c5ccccc5)ccc3n4-c3ccccc3)c(-c3ccc4c(c3)c3cc(-c5ccccc5)ccc3n4-c3ccccc3)c21. The number of carbonyl (C=O) groups is 1. The van der Waals surface area contributed by atoms with E-state index in [2.05, 4.69) is 431 Å². The van der Waals surface area contributed by atoms with E-state index in [9.17, 15) is 0 Å². The predicted octanol–water partition coefficient (Wildman–Crippen LogP) is 28.6. The van der Waals surface area contributed by atoms with Crippen LogP contribution in [0.25, 0.3) is 210 Å². The summed E-state index contributed by atoms with van der Waals surface area (Å²) in [5, 5.41) is 8.91. The van der Waals surface area contributed by atoms with Crippen LogP contribution >= 0.6 is 0 Å². The van der Waals surface area contributed by atoms with E-state index < -0.39 is 0 Å². The maximum absolute atomic E-state index is 17.7. The van der Waals surface area contributed by atoms with Gasteiger partial charge in [-0.3, -0.25) is 4.79 Å². The van der Waals surface area contributed by atoms with Gasteiger partial charge in [0.15, 0.2) is 5.78 Å². The molecule has 5 nitrogen and oxygen atoms in total. The lowest BCUT2D eigenvalue weighted by atomic mass is 9.86. The van der Waals surface area contributed by atoms with Crippen molar-refractivity contribution in [1.29, 1.82) is 0 Å². The minimum atomic E-state index is -0.0376. The number of rotatable bonds is 12. The first-order chi connectivity index (χ1) is 56.5. The third kappa shape index (κ3) is 10.3. The van der Waals surface area contributed by atoms with Crippen molar-refractivity contribution in [3.05, 3.63) is 424 Å².